The van der Waals surface area contributed by atoms with Gasteiger partial charge < -0.3 is 10.2 Å². The molecule has 7 nitrogen and oxygen atoms in total. The lowest BCUT2D eigenvalue weighted by Crippen LogP contribution is -2.53. The molecule has 0 saturated heterocycles. The first kappa shape index (κ1) is 29.9. The molecule has 1 atom stereocenters. The van der Waals surface area contributed by atoms with Crippen LogP contribution in [0.1, 0.15) is 44.6 Å². The standard InChI is InChI=1S/C30H33Cl2N3O4S/c1-22(30(37)33-25-11-4-2-5-12-25)34(20-23-10-8-9-15-28(23)32)29(36)21-35(26-13-6-3-7-14-26)40(38,39)27-18-16-24(31)17-19-27/h3,6-10,13-19,22,25H,2,4-5,11-12,20-21H2,1H3,(H,33,37)/t22-/m1/s1. The van der Waals surface area contributed by atoms with Crippen molar-refractivity contribution in [3.05, 3.63) is 94.5 Å². The fraction of sp³-hybridized carbons (Fsp3) is 0.333. The summed E-state index contributed by atoms with van der Waals surface area (Å²) in [5, 5.41) is 3.94. The molecule has 1 aliphatic rings. The van der Waals surface area contributed by atoms with Gasteiger partial charge in [-0.1, -0.05) is 78.9 Å². The van der Waals surface area contributed by atoms with Crippen LogP contribution in [-0.4, -0.2) is 43.8 Å². The lowest BCUT2D eigenvalue weighted by atomic mass is 9.95. The van der Waals surface area contributed by atoms with E-state index in [0.29, 0.717) is 21.3 Å². The number of nitrogens with one attached hydrogen (secondary N) is 1. The van der Waals surface area contributed by atoms with Gasteiger partial charge in [0.2, 0.25) is 11.8 Å². The van der Waals surface area contributed by atoms with E-state index in [4.69, 9.17) is 23.2 Å². The van der Waals surface area contributed by atoms with Gasteiger partial charge in [-0.3, -0.25) is 13.9 Å². The molecule has 2 amide bonds. The van der Waals surface area contributed by atoms with Gasteiger partial charge >= 0.3 is 0 Å². The van der Waals surface area contributed by atoms with Crippen LogP contribution in [0.5, 0.6) is 0 Å². The number of nitrogens with zero attached hydrogens (tertiary/aromatic N) is 2. The topological polar surface area (TPSA) is 86.8 Å². The van der Waals surface area contributed by atoms with Crippen molar-refractivity contribution in [3.63, 3.8) is 0 Å². The Balaban J connectivity index is 1.66. The summed E-state index contributed by atoms with van der Waals surface area (Å²) in [6.07, 6.45) is 5.05. The summed E-state index contributed by atoms with van der Waals surface area (Å²) >= 11 is 12.4. The maximum Gasteiger partial charge on any atom is 0.264 e. The average molecular weight is 603 g/mol. The second kappa shape index (κ2) is 13.5. The number of carbonyl (C=O) groups excluding carboxylic acids is 2. The summed E-state index contributed by atoms with van der Waals surface area (Å²) in [4.78, 5) is 28.7. The highest BCUT2D eigenvalue weighted by atomic mass is 35.5. The van der Waals surface area contributed by atoms with Crippen molar-refractivity contribution in [3.8, 4) is 0 Å². The number of anilines is 1. The highest BCUT2D eigenvalue weighted by molar-refractivity contribution is 7.92. The first-order chi connectivity index (χ1) is 19.2. The Morgan fingerprint density at radius 1 is 0.900 bits per heavy atom. The van der Waals surface area contributed by atoms with Crippen LogP contribution in [-0.2, 0) is 26.2 Å². The number of amides is 2. The highest BCUT2D eigenvalue weighted by Crippen LogP contribution is 2.26. The number of sulfonamides is 1. The molecule has 1 fully saturated rings. The minimum absolute atomic E-state index is 0.00528. The molecule has 3 aromatic carbocycles. The first-order valence-corrected chi connectivity index (χ1v) is 15.5. The molecule has 0 unspecified atom stereocenters. The van der Waals surface area contributed by atoms with Crippen LogP contribution in [0.25, 0.3) is 0 Å². The molecule has 1 aliphatic carbocycles. The fourth-order valence-electron chi connectivity index (χ4n) is 4.82. The maximum atomic E-state index is 14.0. The van der Waals surface area contributed by atoms with Gasteiger partial charge in [0, 0.05) is 22.6 Å². The molecule has 10 heteroatoms. The Hall–Kier alpha value is -3.07. The Morgan fingerprint density at radius 2 is 1.52 bits per heavy atom. The summed E-state index contributed by atoms with van der Waals surface area (Å²) in [7, 11) is -4.15. The van der Waals surface area contributed by atoms with Crippen molar-refractivity contribution < 1.29 is 18.0 Å². The Labute approximate surface area is 246 Å². The summed E-state index contributed by atoms with van der Waals surface area (Å²) in [6, 6.07) is 20.5. The van der Waals surface area contributed by atoms with Crippen molar-refractivity contribution in [2.75, 3.05) is 10.8 Å². The van der Waals surface area contributed by atoms with E-state index in [-0.39, 0.29) is 23.4 Å². The summed E-state index contributed by atoms with van der Waals surface area (Å²) < 4.78 is 28.6. The van der Waals surface area contributed by atoms with Crippen LogP contribution in [0, 0.1) is 0 Å². The van der Waals surface area contributed by atoms with Gasteiger partial charge in [0.15, 0.2) is 0 Å². The molecule has 212 valence electrons. The quantitative estimate of drug-likeness (QED) is 0.306. The highest BCUT2D eigenvalue weighted by Gasteiger charge is 2.33. The van der Waals surface area contributed by atoms with Gasteiger partial charge in [0.25, 0.3) is 10.0 Å². The third-order valence-electron chi connectivity index (χ3n) is 7.14. The van der Waals surface area contributed by atoms with E-state index >= 15 is 0 Å². The van der Waals surface area contributed by atoms with Crippen molar-refractivity contribution in [2.45, 2.75) is 62.6 Å². The Kier molecular flexibility index (Phi) is 10.1. The Morgan fingerprint density at radius 3 is 2.17 bits per heavy atom. The normalized spacial score (nSPS) is 14.8. The first-order valence-electron chi connectivity index (χ1n) is 13.3. The monoisotopic (exact) mass is 601 g/mol. The molecular formula is C30H33Cl2N3O4S. The zero-order chi connectivity index (χ0) is 28.7. The number of benzene rings is 3. The molecule has 1 saturated carbocycles. The van der Waals surface area contributed by atoms with Gasteiger partial charge in [0.05, 0.1) is 10.6 Å². The van der Waals surface area contributed by atoms with Crippen molar-refractivity contribution in [1.82, 2.24) is 10.2 Å². The minimum atomic E-state index is -4.15. The zero-order valence-corrected chi connectivity index (χ0v) is 24.6. The molecule has 1 N–H and O–H groups in total. The van der Waals surface area contributed by atoms with Gasteiger partial charge in [-0.25, -0.2) is 8.42 Å². The largest absolute Gasteiger partial charge is 0.352 e. The molecule has 0 radical (unpaired) electrons. The molecule has 0 heterocycles. The van der Waals surface area contributed by atoms with E-state index in [2.05, 4.69) is 5.32 Å². The van der Waals surface area contributed by atoms with Crippen LogP contribution >= 0.6 is 23.2 Å². The molecule has 0 bridgehead atoms. The van der Waals surface area contributed by atoms with E-state index in [9.17, 15) is 18.0 Å². The summed E-state index contributed by atoms with van der Waals surface area (Å²) in [6.45, 7) is 1.19. The van der Waals surface area contributed by atoms with Gasteiger partial charge in [-0.15, -0.1) is 0 Å². The molecule has 3 aromatic rings. The number of halogens is 2. The van der Waals surface area contributed by atoms with Crippen LogP contribution in [0.2, 0.25) is 10.0 Å². The number of hydrogen-bond donors (Lipinski definition) is 1. The van der Waals surface area contributed by atoms with E-state index in [0.717, 1.165) is 36.4 Å². The maximum absolute atomic E-state index is 14.0. The predicted molar refractivity (Wildman–Crippen MR) is 159 cm³/mol. The number of rotatable bonds is 10. The summed E-state index contributed by atoms with van der Waals surface area (Å²) in [5.41, 5.74) is 0.976. The SMILES string of the molecule is C[C@H](C(=O)NC1CCCCC1)N(Cc1ccccc1Cl)C(=O)CN(c1ccccc1)S(=O)(=O)c1ccc(Cl)cc1. The van der Waals surface area contributed by atoms with E-state index < -0.39 is 28.5 Å². The zero-order valence-electron chi connectivity index (χ0n) is 22.3. The molecular weight excluding hydrogens is 569 g/mol. The van der Waals surface area contributed by atoms with E-state index in [1.54, 1.807) is 61.5 Å². The van der Waals surface area contributed by atoms with Crippen molar-refractivity contribution >= 4 is 50.7 Å². The number of hydrogen-bond acceptors (Lipinski definition) is 4. The van der Waals surface area contributed by atoms with Gasteiger partial charge in [-0.05, 0) is 67.8 Å². The summed E-state index contributed by atoms with van der Waals surface area (Å²) in [5.74, 6) is -0.813. The third kappa shape index (κ3) is 7.36. The Bertz CT molecular complexity index is 1410. The van der Waals surface area contributed by atoms with Crippen LogP contribution in [0.3, 0.4) is 0 Å². The molecule has 0 aliphatic heterocycles. The van der Waals surface area contributed by atoms with Gasteiger partial charge in [0.1, 0.15) is 12.6 Å². The average Bonchev–Trinajstić information content (AvgIpc) is 2.96. The lowest BCUT2D eigenvalue weighted by molar-refractivity contribution is -0.139. The van der Waals surface area contributed by atoms with Crippen molar-refractivity contribution in [1.29, 1.82) is 0 Å². The second-order valence-corrected chi connectivity index (χ2v) is 12.6. The molecule has 4 rings (SSSR count). The second-order valence-electron chi connectivity index (χ2n) is 9.93. The van der Waals surface area contributed by atoms with E-state index in [1.807, 2.05) is 0 Å². The number of para-hydroxylation sites is 1. The third-order valence-corrected chi connectivity index (χ3v) is 9.55. The molecule has 0 spiro atoms. The minimum Gasteiger partial charge on any atom is -0.352 e. The molecule has 40 heavy (non-hydrogen) atoms. The van der Waals surface area contributed by atoms with Gasteiger partial charge in [-0.2, -0.15) is 0 Å². The lowest BCUT2D eigenvalue weighted by Gasteiger charge is -2.33. The predicted octanol–water partition coefficient (Wildman–Crippen LogP) is 6.05. The van der Waals surface area contributed by atoms with Crippen LogP contribution in [0.15, 0.2) is 83.8 Å². The van der Waals surface area contributed by atoms with E-state index in [1.165, 1.54) is 29.2 Å². The van der Waals surface area contributed by atoms with Crippen LogP contribution in [0.4, 0.5) is 5.69 Å². The number of carbonyl (C=O) groups is 2. The van der Waals surface area contributed by atoms with Crippen molar-refractivity contribution in [2.24, 2.45) is 0 Å². The fourth-order valence-corrected chi connectivity index (χ4v) is 6.55. The van der Waals surface area contributed by atoms with Crippen LogP contribution < -0.4 is 9.62 Å². The molecule has 0 aromatic heterocycles. The smallest absolute Gasteiger partial charge is 0.264 e.